The van der Waals surface area contributed by atoms with Crippen LogP contribution in [0.5, 0.6) is 0 Å². The molecule has 0 spiro atoms. The summed E-state index contributed by atoms with van der Waals surface area (Å²) < 4.78 is 1.93. The van der Waals surface area contributed by atoms with Crippen LogP contribution in [0.1, 0.15) is 45.4 Å². The average molecular weight is 235 g/mol. The summed E-state index contributed by atoms with van der Waals surface area (Å²) in [7, 11) is 2.00. The van der Waals surface area contributed by atoms with Gasteiger partial charge in [0.2, 0.25) is 0 Å². The van der Waals surface area contributed by atoms with E-state index in [-0.39, 0.29) is 5.41 Å². The van der Waals surface area contributed by atoms with Crippen molar-refractivity contribution in [3.63, 3.8) is 0 Å². The number of aryl methyl sites for hydroxylation is 1. The quantitative estimate of drug-likeness (QED) is 0.869. The highest BCUT2D eigenvalue weighted by Crippen LogP contribution is 2.36. The first-order valence-corrected chi connectivity index (χ1v) is 6.61. The fourth-order valence-corrected chi connectivity index (χ4v) is 2.37. The normalized spacial score (nSPS) is 24.1. The highest BCUT2D eigenvalue weighted by atomic mass is 15.3. The van der Waals surface area contributed by atoms with Crippen LogP contribution in [0.3, 0.4) is 0 Å². The van der Waals surface area contributed by atoms with Crippen LogP contribution in [0.25, 0.3) is 0 Å². The Morgan fingerprint density at radius 3 is 2.65 bits per heavy atom. The number of aromatic nitrogens is 2. The van der Waals surface area contributed by atoms with Gasteiger partial charge in [0.1, 0.15) is 0 Å². The van der Waals surface area contributed by atoms with Crippen molar-refractivity contribution >= 4 is 0 Å². The van der Waals surface area contributed by atoms with Gasteiger partial charge in [-0.05, 0) is 24.8 Å². The van der Waals surface area contributed by atoms with Crippen molar-refractivity contribution in [2.24, 2.45) is 18.9 Å². The third-order valence-electron chi connectivity index (χ3n) is 3.61. The minimum atomic E-state index is 0.130. The molecule has 3 nitrogen and oxygen atoms in total. The second-order valence-corrected chi connectivity index (χ2v) is 6.53. The number of nitrogens with one attached hydrogen (secondary N) is 1. The number of nitrogens with zero attached hydrogens (tertiary/aromatic N) is 2. The molecule has 1 aromatic heterocycles. The lowest BCUT2D eigenvalue weighted by atomic mass is 9.89. The molecular weight excluding hydrogens is 210 g/mol. The first-order valence-electron chi connectivity index (χ1n) is 6.61. The summed E-state index contributed by atoms with van der Waals surface area (Å²) in [6.07, 6.45) is 3.54. The lowest BCUT2D eigenvalue weighted by Crippen LogP contribution is -2.20. The Morgan fingerprint density at radius 1 is 1.47 bits per heavy atom. The molecule has 17 heavy (non-hydrogen) atoms. The topological polar surface area (TPSA) is 29.9 Å². The summed E-state index contributed by atoms with van der Waals surface area (Å²) in [5, 5.41) is 8.15. The minimum Gasteiger partial charge on any atom is -0.312 e. The molecular formula is C14H25N3. The Hall–Kier alpha value is -0.830. The molecule has 1 fully saturated rings. The van der Waals surface area contributed by atoms with E-state index in [2.05, 4.69) is 44.3 Å². The van der Waals surface area contributed by atoms with Crippen LogP contribution in [0.2, 0.25) is 0 Å². The van der Waals surface area contributed by atoms with Gasteiger partial charge in [0.15, 0.2) is 0 Å². The standard InChI is InChI=1S/C14H25N3/c1-10-6-11(10)7-15-8-12-9-17(5)16-13(12)14(2,3)4/h9-11,15H,6-8H2,1-5H3. The molecule has 96 valence electrons. The van der Waals surface area contributed by atoms with E-state index in [0.29, 0.717) is 0 Å². The highest BCUT2D eigenvalue weighted by Gasteiger charge is 2.31. The predicted molar refractivity (Wildman–Crippen MR) is 70.9 cm³/mol. The van der Waals surface area contributed by atoms with Crippen LogP contribution in [0, 0.1) is 11.8 Å². The van der Waals surface area contributed by atoms with Crippen molar-refractivity contribution in [1.82, 2.24) is 15.1 Å². The van der Waals surface area contributed by atoms with E-state index in [1.165, 1.54) is 17.7 Å². The summed E-state index contributed by atoms with van der Waals surface area (Å²) in [5.41, 5.74) is 2.69. The molecule has 2 atom stereocenters. The van der Waals surface area contributed by atoms with Crippen molar-refractivity contribution < 1.29 is 0 Å². The molecule has 2 rings (SSSR count). The van der Waals surface area contributed by atoms with Gasteiger partial charge >= 0.3 is 0 Å². The second kappa shape index (κ2) is 4.45. The summed E-state index contributed by atoms with van der Waals surface area (Å²) in [5.74, 6) is 1.84. The smallest absolute Gasteiger partial charge is 0.0722 e. The maximum absolute atomic E-state index is 4.59. The molecule has 0 saturated heterocycles. The van der Waals surface area contributed by atoms with Crippen molar-refractivity contribution in [3.8, 4) is 0 Å². The molecule has 0 aromatic carbocycles. The maximum Gasteiger partial charge on any atom is 0.0722 e. The predicted octanol–water partition coefficient (Wildman–Crippen LogP) is 2.46. The lowest BCUT2D eigenvalue weighted by Gasteiger charge is -2.17. The summed E-state index contributed by atoms with van der Waals surface area (Å²) in [4.78, 5) is 0. The fraction of sp³-hybridized carbons (Fsp3) is 0.786. The van der Waals surface area contributed by atoms with E-state index < -0.39 is 0 Å². The molecule has 0 bridgehead atoms. The van der Waals surface area contributed by atoms with Gasteiger partial charge in [0.25, 0.3) is 0 Å². The van der Waals surface area contributed by atoms with Gasteiger partial charge in [-0.2, -0.15) is 5.10 Å². The van der Waals surface area contributed by atoms with Crippen molar-refractivity contribution in [2.75, 3.05) is 6.54 Å². The molecule has 1 N–H and O–H groups in total. The Labute approximate surface area is 105 Å². The second-order valence-electron chi connectivity index (χ2n) is 6.53. The van der Waals surface area contributed by atoms with Crippen molar-refractivity contribution in [1.29, 1.82) is 0 Å². The minimum absolute atomic E-state index is 0.130. The monoisotopic (exact) mass is 235 g/mol. The number of rotatable bonds is 4. The Balaban J connectivity index is 1.95. The Bertz CT molecular complexity index is 387. The van der Waals surface area contributed by atoms with Gasteiger partial charge in [-0.3, -0.25) is 4.68 Å². The van der Waals surface area contributed by atoms with Crippen LogP contribution in [0.15, 0.2) is 6.20 Å². The third-order valence-corrected chi connectivity index (χ3v) is 3.61. The molecule has 1 aliphatic carbocycles. The zero-order valence-corrected chi connectivity index (χ0v) is 11.7. The van der Waals surface area contributed by atoms with Crippen LogP contribution < -0.4 is 5.32 Å². The summed E-state index contributed by atoms with van der Waals surface area (Å²) in [6, 6.07) is 0. The summed E-state index contributed by atoms with van der Waals surface area (Å²) >= 11 is 0. The first kappa shape index (κ1) is 12.6. The molecule has 1 aliphatic rings. The molecule has 0 aliphatic heterocycles. The van der Waals surface area contributed by atoms with Crippen LogP contribution in [-0.4, -0.2) is 16.3 Å². The van der Waals surface area contributed by atoms with Gasteiger partial charge in [-0.1, -0.05) is 27.7 Å². The van der Waals surface area contributed by atoms with Gasteiger partial charge in [-0.15, -0.1) is 0 Å². The molecule has 0 amide bonds. The van der Waals surface area contributed by atoms with Gasteiger partial charge < -0.3 is 5.32 Å². The maximum atomic E-state index is 4.59. The first-order chi connectivity index (χ1) is 7.88. The van der Waals surface area contributed by atoms with Gasteiger partial charge in [-0.25, -0.2) is 0 Å². The molecule has 1 saturated carbocycles. The summed E-state index contributed by atoms with van der Waals surface area (Å²) in [6.45, 7) is 11.1. The van der Waals surface area contributed by atoms with E-state index in [9.17, 15) is 0 Å². The van der Waals surface area contributed by atoms with Gasteiger partial charge in [0.05, 0.1) is 5.69 Å². The molecule has 1 aromatic rings. The van der Waals surface area contributed by atoms with Crippen LogP contribution >= 0.6 is 0 Å². The number of hydrogen-bond acceptors (Lipinski definition) is 2. The van der Waals surface area contributed by atoms with E-state index in [1.807, 2.05) is 11.7 Å². The van der Waals surface area contributed by atoms with E-state index in [4.69, 9.17) is 0 Å². The SMILES string of the molecule is CC1CC1CNCc1cn(C)nc1C(C)(C)C. The molecule has 3 heteroatoms. The Morgan fingerprint density at radius 2 is 2.12 bits per heavy atom. The van der Waals surface area contributed by atoms with Crippen molar-refractivity contribution in [2.45, 2.75) is 46.1 Å². The zero-order valence-electron chi connectivity index (χ0n) is 11.7. The van der Waals surface area contributed by atoms with Gasteiger partial charge in [0, 0.05) is 30.8 Å². The molecule has 2 unspecified atom stereocenters. The van der Waals surface area contributed by atoms with Crippen LogP contribution in [0.4, 0.5) is 0 Å². The van der Waals surface area contributed by atoms with E-state index in [0.717, 1.165) is 24.9 Å². The lowest BCUT2D eigenvalue weighted by molar-refractivity contribution is 0.540. The van der Waals surface area contributed by atoms with E-state index >= 15 is 0 Å². The molecule has 0 radical (unpaired) electrons. The van der Waals surface area contributed by atoms with Crippen molar-refractivity contribution in [3.05, 3.63) is 17.5 Å². The largest absolute Gasteiger partial charge is 0.312 e. The molecule has 1 heterocycles. The zero-order chi connectivity index (χ0) is 12.6. The van der Waals surface area contributed by atoms with Crippen LogP contribution in [-0.2, 0) is 19.0 Å². The fourth-order valence-electron chi connectivity index (χ4n) is 2.37. The third kappa shape index (κ3) is 3.09. The number of hydrogen-bond donors (Lipinski definition) is 1. The highest BCUT2D eigenvalue weighted by molar-refractivity contribution is 5.23. The average Bonchev–Trinajstić information content (AvgIpc) is 2.72. The Kier molecular flexibility index (Phi) is 3.30. The van der Waals surface area contributed by atoms with E-state index in [1.54, 1.807) is 0 Å².